The van der Waals surface area contributed by atoms with Gasteiger partial charge in [0.15, 0.2) is 11.6 Å². The Morgan fingerprint density at radius 1 is 1.00 bits per heavy atom. The van der Waals surface area contributed by atoms with Crippen molar-refractivity contribution in [2.45, 2.75) is 106 Å². The van der Waals surface area contributed by atoms with E-state index >= 15 is 0 Å². The molecule has 3 fully saturated rings. The average molecular weight is 562 g/mol. The summed E-state index contributed by atoms with van der Waals surface area (Å²) in [4.78, 5) is 51.4. The number of carbonyl (C=O) groups is 4. The maximum atomic E-state index is 14.5. The average Bonchev–Trinajstić information content (AvgIpc) is 2.90. The minimum absolute atomic E-state index is 0.0696. The summed E-state index contributed by atoms with van der Waals surface area (Å²) in [7, 11) is 0. The summed E-state index contributed by atoms with van der Waals surface area (Å²) < 4.78 is 0. The summed E-state index contributed by atoms with van der Waals surface area (Å²) in [5.74, 6) is -0.503. The smallest absolute Gasteiger partial charge is 0.238 e. The Balaban J connectivity index is 1.56. The Labute approximate surface area is 244 Å². The van der Waals surface area contributed by atoms with E-state index in [1.54, 1.807) is 0 Å². The monoisotopic (exact) mass is 561 g/mol. The van der Waals surface area contributed by atoms with Gasteiger partial charge in [0, 0.05) is 30.6 Å². The van der Waals surface area contributed by atoms with Crippen LogP contribution in [0.25, 0.3) is 0 Å². The molecule has 0 heterocycles. The lowest BCUT2D eigenvalue weighted by Crippen LogP contribution is -2.64. The lowest BCUT2D eigenvalue weighted by atomic mass is 9.34. The van der Waals surface area contributed by atoms with Crippen molar-refractivity contribution in [3.05, 3.63) is 23.3 Å². The van der Waals surface area contributed by atoms with Crippen molar-refractivity contribution in [3.63, 3.8) is 0 Å². The Hall–Kier alpha value is -2.75. The maximum absolute atomic E-state index is 14.5. The zero-order valence-electron chi connectivity index (χ0n) is 25.9. The Kier molecular flexibility index (Phi) is 6.99. The van der Waals surface area contributed by atoms with Crippen molar-refractivity contribution >= 4 is 23.4 Å². The first-order valence-corrected chi connectivity index (χ1v) is 15.5. The molecule has 0 saturated heterocycles. The van der Waals surface area contributed by atoms with Crippen LogP contribution in [0.2, 0.25) is 0 Å². The number of ketones is 2. The van der Waals surface area contributed by atoms with E-state index in [0.29, 0.717) is 12.8 Å². The normalized spacial score (nSPS) is 42.7. The molecule has 222 valence electrons. The van der Waals surface area contributed by atoms with E-state index in [9.17, 15) is 24.4 Å². The molecule has 2 N–H and O–H groups in total. The second-order valence-electron chi connectivity index (χ2n) is 15.5. The van der Waals surface area contributed by atoms with Crippen molar-refractivity contribution in [1.29, 1.82) is 5.26 Å². The number of fused-ring (bicyclic) bond motifs is 7. The number of nitrogens with one attached hydrogen (secondary N) is 2. The molecular formula is C34H47N3O4. The van der Waals surface area contributed by atoms with E-state index in [0.717, 1.165) is 50.5 Å². The highest BCUT2D eigenvalue weighted by Gasteiger charge is 2.68. The summed E-state index contributed by atoms with van der Waals surface area (Å²) in [6.07, 6.45) is 11.6. The number of hydrazine groups is 1. The quantitative estimate of drug-likeness (QED) is 0.425. The number of rotatable bonds is 3. The molecule has 8 atom stereocenters. The molecule has 41 heavy (non-hydrogen) atoms. The molecule has 0 spiro atoms. The van der Waals surface area contributed by atoms with Gasteiger partial charge in [-0.1, -0.05) is 53.2 Å². The van der Waals surface area contributed by atoms with E-state index in [4.69, 9.17) is 0 Å². The van der Waals surface area contributed by atoms with Gasteiger partial charge in [-0.15, -0.1) is 0 Å². The first kappa shape index (κ1) is 29.7. The molecule has 0 bridgehead atoms. The van der Waals surface area contributed by atoms with Gasteiger partial charge in [-0.3, -0.25) is 30.0 Å². The zero-order valence-corrected chi connectivity index (χ0v) is 25.9. The van der Waals surface area contributed by atoms with Crippen molar-refractivity contribution in [1.82, 2.24) is 10.9 Å². The fraction of sp³-hybridized carbons (Fsp3) is 0.735. The van der Waals surface area contributed by atoms with E-state index < -0.39 is 5.41 Å². The predicted octanol–water partition coefficient (Wildman–Crippen LogP) is 5.76. The van der Waals surface area contributed by atoms with Crippen molar-refractivity contribution < 1.29 is 19.2 Å². The highest BCUT2D eigenvalue weighted by Crippen LogP contribution is 2.74. The van der Waals surface area contributed by atoms with Crippen LogP contribution in [0, 0.1) is 62.1 Å². The van der Waals surface area contributed by atoms with Crippen LogP contribution < -0.4 is 10.9 Å². The molecule has 7 heteroatoms. The van der Waals surface area contributed by atoms with Crippen molar-refractivity contribution in [2.75, 3.05) is 0 Å². The molecule has 0 radical (unpaired) electrons. The van der Waals surface area contributed by atoms with Crippen LogP contribution >= 0.6 is 0 Å². The van der Waals surface area contributed by atoms with Crippen LogP contribution in [0.3, 0.4) is 0 Å². The molecule has 0 aromatic rings. The third-order valence-corrected chi connectivity index (χ3v) is 12.9. The summed E-state index contributed by atoms with van der Waals surface area (Å²) >= 11 is 0. The fourth-order valence-corrected chi connectivity index (χ4v) is 10.4. The van der Waals surface area contributed by atoms with Crippen LogP contribution in [0.15, 0.2) is 23.3 Å². The highest BCUT2D eigenvalue weighted by molar-refractivity contribution is 6.02. The van der Waals surface area contributed by atoms with Gasteiger partial charge in [0.05, 0.1) is 5.57 Å². The van der Waals surface area contributed by atoms with Gasteiger partial charge in [0.2, 0.25) is 11.8 Å². The summed E-state index contributed by atoms with van der Waals surface area (Å²) in [6, 6.07) is 2.16. The van der Waals surface area contributed by atoms with Gasteiger partial charge in [-0.05, 0) is 90.9 Å². The topological polar surface area (TPSA) is 116 Å². The molecule has 7 nitrogen and oxygen atoms in total. The lowest BCUT2D eigenvalue weighted by molar-refractivity contribution is -0.171. The number of carbonyl (C=O) groups excluding carboxylic acids is 4. The minimum atomic E-state index is -0.503. The molecule has 0 aliphatic heterocycles. The standard InChI is InChI=1S/C34H47N3O4/c1-20-23-8-10-32(6)26(31(23,5)17-22(19-35)29(20)41)16-25(39)28-24-18-30(3,4)12-14-34(24,15-13-33(28,32)7)11-9-27(40)37-36-21(2)38/h16-17,20,23-24,28H,8-15,18H2,1-7H3,(H,36,38)(H,37,40)/t20-,23-,24?,28?,31-,32+,33+,34+/m0/s1. The van der Waals surface area contributed by atoms with Crippen molar-refractivity contribution in [2.24, 2.45) is 50.7 Å². The van der Waals surface area contributed by atoms with E-state index in [-0.39, 0.29) is 74.3 Å². The predicted molar refractivity (Wildman–Crippen MR) is 155 cm³/mol. The number of allylic oxidation sites excluding steroid dienone is 4. The van der Waals surface area contributed by atoms with Crippen LogP contribution in [-0.4, -0.2) is 23.4 Å². The highest BCUT2D eigenvalue weighted by atomic mass is 16.2. The molecule has 2 amide bonds. The number of hydrogen-bond donors (Lipinski definition) is 2. The van der Waals surface area contributed by atoms with Crippen molar-refractivity contribution in [3.8, 4) is 6.07 Å². The van der Waals surface area contributed by atoms with Crippen LogP contribution in [0.5, 0.6) is 0 Å². The number of amides is 2. The summed E-state index contributed by atoms with van der Waals surface area (Å²) in [6.45, 7) is 14.8. The number of nitrogens with zero attached hydrogens (tertiary/aromatic N) is 1. The van der Waals surface area contributed by atoms with E-state index in [1.807, 2.05) is 19.1 Å². The van der Waals surface area contributed by atoms with E-state index in [2.05, 4.69) is 51.5 Å². The Morgan fingerprint density at radius 3 is 2.34 bits per heavy atom. The zero-order chi connectivity index (χ0) is 30.2. The largest absolute Gasteiger partial charge is 0.295 e. The van der Waals surface area contributed by atoms with Gasteiger partial charge in [0.1, 0.15) is 6.07 Å². The molecule has 5 aliphatic carbocycles. The first-order chi connectivity index (χ1) is 19.0. The van der Waals surface area contributed by atoms with Gasteiger partial charge >= 0.3 is 0 Å². The summed E-state index contributed by atoms with van der Waals surface area (Å²) in [5.41, 5.74) is 5.31. The number of nitriles is 1. The molecular weight excluding hydrogens is 514 g/mol. The lowest BCUT2D eigenvalue weighted by Gasteiger charge is -2.69. The molecule has 3 saturated carbocycles. The molecule has 0 aromatic heterocycles. The van der Waals surface area contributed by atoms with Crippen LogP contribution in [-0.2, 0) is 19.2 Å². The second-order valence-corrected chi connectivity index (χ2v) is 15.5. The third kappa shape index (κ3) is 4.34. The summed E-state index contributed by atoms with van der Waals surface area (Å²) in [5, 5.41) is 9.82. The Morgan fingerprint density at radius 2 is 1.68 bits per heavy atom. The third-order valence-electron chi connectivity index (χ3n) is 12.9. The van der Waals surface area contributed by atoms with E-state index in [1.165, 1.54) is 6.92 Å². The molecule has 5 rings (SSSR count). The second kappa shape index (κ2) is 9.64. The van der Waals surface area contributed by atoms with Crippen LogP contribution in [0.4, 0.5) is 0 Å². The number of Topliss-reactive ketones (excluding diaryl/α,β-unsaturated/α-hetero) is 1. The molecule has 2 unspecified atom stereocenters. The first-order valence-electron chi connectivity index (χ1n) is 15.5. The fourth-order valence-electron chi connectivity index (χ4n) is 10.4. The SMILES string of the molecule is CC(=O)NNC(=O)CC[C@]12CCC(C)(C)CC1C1C(=O)C=C3[C@@]4(C)C=C(C#N)C(=O)[C@@H](C)[C@@H]4CC[C@@]3(C)[C@]1(C)CC2. The maximum Gasteiger partial charge on any atom is 0.238 e. The van der Waals surface area contributed by atoms with Crippen LogP contribution in [0.1, 0.15) is 106 Å². The number of hydrogen-bond acceptors (Lipinski definition) is 5. The van der Waals surface area contributed by atoms with Gasteiger partial charge < -0.3 is 0 Å². The minimum Gasteiger partial charge on any atom is -0.295 e. The Bertz CT molecular complexity index is 1310. The molecule has 5 aliphatic rings. The van der Waals surface area contributed by atoms with Gasteiger partial charge in [-0.2, -0.15) is 5.26 Å². The van der Waals surface area contributed by atoms with Gasteiger partial charge in [0.25, 0.3) is 0 Å². The molecule has 0 aromatic carbocycles. The van der Waals surface area contributed by atoms with Gasteiger partial charge in [-0.25, -0.2) is 0 Å².